The van der Waals surface area contributed by atoms with Crippen LogP contribution in [0.2, 0.25) is 0 Å². The van der Waals surface area contributed by atoms with Crippen molar-refractivity contribution in [2.24, 2.45) is 5.92 Å². The fraction of sp³-hybridized carbons (Fsp3) is 0.370. The van der Waals surface area contributed by atoms with E-state index < -0.39 is 17.3 Å². The summed E-state index contributed by atoms with van der Waals surface area (Å²) in [5, 5.41) is 24.8. The van der Waals surface area contributed by atoms with Crippen LogP contribution >= 0.6 is 15.9 Å². The first-order valence-corrected chi connectivity index (χ1v) is 12.4. The van der Waals surface area contributed by atoms with Gasteiger partial charge in [-0.1, -0.05) is 58.4 Å². The molecule has 6 rings (SSSR count). The standard InChI is InChI=1S/C27H27BrN2O4/c1-33-21-14-29-15-22-24(21)26(32)25(31)20(16-30-12-5-13-30)23(17-6-3-2-4-7-17)27(26,34-22)18-8-10-19(28)11-9-18/h2-4,6-11,14-15,20,23,25,31-32H,5,12-13,16H2,1H3/t20-,23?,25-,26+,27?/m1/s1. The van der Waals surface area contributed by atoms with Gasteiger partial charge in [-0.05, 0) is 42.8 Å². The number of likely N-dealkylation sites (tertiary alicyclic amines) is 1. The van der Waals surface area contributed by atoms with Crippen molar-refractivity contribution in [2.75, 3.05) is 26.7 Å². The lowest BCUT2D eigenvalue weighted by Crippen LogP contribution is -2.52. The third kappa shape index (κ3) is 2.87. The molecule has 1 aliphatic carbocycles. The molecule has 3 aromatic rings. The quantitative estimate of drug-likeness (QED) is 0.530. The van der Waals surface area contributed by atoms with Gasteiger partial charge in [0.05, 0.1) is 31.2 Å². The number of pyridine rings is 1. The highest BCUT2D eigenvalue weighted by molar-refractivity contribution is 9.10. The molecule has 0 bridgehead atoms. The number of halogens is 1. The van der Waals surface area contributed by atoms with E-state index in [1.54, 1.807) is 19.5 Å². The second-order valence-electron chi connectivity index (χ2n) is 9.48. The van der Waals surface area contributed by atoms with Crippen LogP contribution in [0.4, 0.5) is 0 Å². The molecule has 2 aliphatic heterocycles. The zero-order chi connectivity index (χ0) is 23.5. The Morgan fingerprint density at radius 1 is 1.12 bits per heavy atom. The van der Waals surface area contributed by atoms with Crippen LogP contribution in [0.5, 0.6) is 11.5 Å². The average Bonchev–Trinajstić information content (AvgIpc) is 3.20. The second-order valence-corrected chi connectivity index (χ2v) is 10.4. The third-order valence-corrected chi connectivity index (χ3v) is 8.39. The van der Waals surface area contributed by atoms with Crippen LogP contribution in [0.3, 0.4) is 0 Å². The molecule has 2 aromatic carbocycles. The molecule has 176 valence electrons. The molecular weight excluding hydrogens is 496 g/mol. The lowest BCUT2D eigenvalue weighted by atomic mass is 9.70. The summed E-state index contributed by atoms with van der Waals surface area (Å²) in [6.07, 6.45) is 3.25. The highest BCUT2D eigenvalue weighted by atomic mass is 79.9. The van der Waals surface area contributed by atoms with Crippen molar-refractivity contribution in [3.63, 3.8) is 0 Å². The summed E-state index contributed by atoms with van der Waals surface area (Å²) in [6.45, 7) is 2.67. The molecule has 2 N–H and O–H groups in total. The fourth-order valence-corrected chi connectivity index (χ4v) is 6.56. The molecule has 34 heavy (non-hydrogen) atoms. The van der Waals surface area contributed by atoms with E-state index in [1.807, 2.05) is 42.5 Å². The molecule has 5 atom stereocenters. The van der Waals surface area contributed by atoms with E-state index in [4.69, 9.17) is 9.47 Å². The Balaban J connectivity index is 1.64. The smallest absolute Gasteiger partial charge is 0.177 e. The summed E-state index contributed by atoms with van der Waals surface area (Å²) in [5.74, 6) is 0.275. The summed E-state index contributed by atoms with van der Waals surface area (Å²) in [6, 6.07) is 17.9. The average molecular weight is 523 g/mol. The first-order valence-electron chi connectivity index (χ1n) is 11.7. The maximum absolute atomic E-state index is 12.7. The van der Waals surface area contributed by atoms with Crippen molar-refractivity contribution in [1.82, 2.24) is 9.88 Å². The molecular formula is C27H27BrN2O4. The van der Waals surface area contributed by atoms with Gasteiger partial charge in [-0.25, -0.2) is 0 Å². The van der Waals surface area contributed by atoms with Crippen LogP contribution in [-0.2, 0) is 11.2 Å². The van der Waals surface area contributed by atoms with Gasteiger partial charge < -0.3 is 24.6 Å². The maximum atomic E-state index is 12.7. The maximum Gasteiger partial charge on any atom is 0.177 e. The molecule has 6 nitrogen and oxygen atoms in total. The predicted molar refractivity (Wildman–Crippen MR) is 131 cm³/mol. The Morgan fingerprint density at radius 3 is 2.50 bits per heavy atom. The van der Waals surface area contributed by atoms with Gasteiger partial charge in [-0.3, -0.25) is 4.98 Å². The number of fused-ring (bicyclic) bond motifs is 3. The fourth-order valence-electron chi connectivity index (χ4n) is 6.30. The van der Waals surface area contributed by atoms with E-state index >= 15 is 0 Å². The van der Waals surface area contributed by atoms with Crippen molar-refractivity contribution >= 4 is 15.9 Å². The Morgan fingerprint density at radius 2 is 1.85 bits per heavy atom. The van der Waals surface area contributed by atoms with Crippen LogP contribution < -0.4 is 9.47 Å². The third-order valence-electron chi connectivity index (χ3n) is 7.86. The molecule has 3 heterocycles. The van der Waals surface area contributed by atoms with Crippen molar-refractivity contribution in [3.8, 4) is 11.5 Å². The number of aliphatic hydroxyl groups excluding tert-OH is 1. The summed E-state index contributed by atoms with van der Waals surface area (Å²) in [5.41, 5.74) is -0.711. The second kappa shape index (κ2) is 8.05. The monoisotopic (exact) mass is 522 g/mol. The van der Waals surface area contributed by atoms with E-state index in [0.29, 0.717) is 23.6 Å². The lowest BCUT2D eigenvalue weighted by Gasteiger charge is -2.41. The Bertz CT molecular complexity index is 1200. The van der Waals surface area contributed by atoms with Crippen molar-refractivity contribution in [1.29, 1.82) is 0 Å². The van der Waals surface area contributed by atoms with Crippen molar-refractivity contribution < 1.29 is 19.7 Å². The number of aliphatic hydroxyl groups is 2. The molecule has 2 fully saturated rings. The van der Waals surface area contributed by atoms with Gasteiger partial charge in [0, 0.05) is 22.9 Å². The molecule has 0 radical (unpaired) electrons. The molecule has 7 heteroatoms. The largest absolute Gasteiger partial charge is 0.495 e. The first-order chi connectivity index (χ1) is 16.5. The summed E-state index contributed by atoms with van der Waals surface area (Å²) in [7, 11) is 1.55. The number of methoxy groups -OCH3 is 1. The minimum atomic E-state index is -1.74. The minimum absolute atomic E-state index is 0.262. The number of aromatic nitrogens is 1. The van der Waals surface area contributed by atoms with Gasteiger partial charge in [0.15, 0.2) is 11.2 Å². The van der Waals surface area contributed by atoms with Gasteiger partial charge in [0.25, 0.3) is 0 Å². The molecule has 1 saturated carbocycles. The van der Waals surface area contributed by atoms with E-state index in [-0.39, 0.29) is 11.8 Å². The molecule has 0 amide bonds. The molecule has 1 saturated heterocycles. The molecule has 1 aromatic heterocycles. The predicted octanol–water partition coefficient (Wildman–Crippen LogP) is 3.81. The van der Waals surface area contributed by atoms with Crippen LogP contribution in [0.15, 0.2) is 71.5 Å². The lowest BCUT2D eigenvalue weighted by molar-refractivity contribution is -0.152. The normalized spacial score (nSPS) is 31.9. The van der Waals surface area contributed by atoms with Gasteiger partial charge in [-0.15, -0.1) is 0 Å². The summed E-state index contributed by atoms with van der Waals surface area (Å²) < 4.78 is 13.4. The zero-order valence-electron chi connectivity index (χ0n) is 18.9. The van der Waals surface area contributed by atoms with E-state index in [2.05, 4.69) is 37.9 Å². The Hall–Kier alpha value is -2.45. The summed E-state index contributed by atoms with van der Waals surface area (Å²) >= 11 is 3.53. The van der Waals surface area contributed by atoms with E-state index in [0.717, 1.165) is 35.1 Å². The SMILES string of the molecule is COc1cncc2c1[C@]1(O)[C@H](O)[C@H](CN3CCC3)C(c3ccccc3)C1(c1ccc(Br)cc1)O2. The summed E-state index contributed by atoms with van der Waals surface area (Å²) in [4.78, 5) is 6.62. The van der Waals surface area contributed by atoms with E-state index in [9.17, 15) is 10.2 Å². The van der Waals surface area contributed by atoms with E-state index in [1.165, 1.54) is 0 Å². The van der Waals surface area contributed by atoms with Crippen molar-refractivity contribution in [3.05, 3.63) is 88.2 Å². The number of hydrogen-bond donors (Lipinski definition) is 2. The molecule has 2 unspecified atom stereocenters. The van der Waals surface area contributed by atoms with Gasteiger partial charge in [0.1, 0.15) is 11.5 Å². The Labute approximate surface area is 207 Å². The highest BCUT2D eigenvalue weighted by Crippen LogP contribution is 2.69. The van der Waals surface area contributed by atoms with Gasteiger partial charge >= 0.3 is 0 Å². The topological polar surface area (TPSA) is 75.0 Å². The van der Waals surface area contributed by atoms with Gasteiger partial charge in [0.2, 0.25) is 0 Å². The van der Waals surface area contributed by atoms with Gasteiger partial charge in [-0.2, -0.15) is 0 Å². The van der Waals surface area contributed by atoms with Crippen molar-refractivity contribution in [2.45, 2.75) is 29.6 Å². The zero-order valence-corrected chi connectivity index (χ0v) is 20.5. The Kier molecular flexibility index (Phi) is 5.22. The van der Waals surface area contributed by atoms with Crippen LogP contribution in [0, 0.1) is 5.92 Å². The highest BCUT2D eigenvalue weighted by Gasteiger charge is 2.76. The molecule has 3 aliphatic rings. The number of nitrogens with zero attached hydrogens (tertiary/aromatic N) is 2. The molecule has 0 spiro atoms. The van der Waals surface area contributed by atoms with Crippen LogP contribution in [0.25, 0.3) is 0 Å². The van der Waals surface area contributed by atoms with Crippen LogP contribution in [0.1, 0.15) is 29.0 Å². The number of ether oxygens (including phenoxy) is 2. The van der Waals surface area contributed by atoms with Crippen LogP contribution in [-0.4, -0.2) is 52.9 Å². The minimum Gasteiger partial charge on any atom is -0.495 e. The number of hydrogen-bond acceptors (Lipinski definition) is 6. The number of benzene rings is 2. The first kappa shape index (κ1) is 22.0. The number of rotatable bonds is 5.